The van der Waals surface area contributed by atoms with Gasteiger partial charge in [0.2, 0.25) is 5.91 Å². The summed E-state index contributed by atoms with van der Waals surface area (Å²) in [5.74, 6) is -6.20. The topological polar surface area (TPSA) is 202 Å². The molecule has 2 N–H and O–H groups in total. The predicted octanol–water partition coefficient (Wildman–Crippen LogP) is 4.22. The Morgan fingerprint density at radius 2 is 1.43 bits per heavy atom. The van der Waals surface area contributed by atoms with Gasteiger partial charge in [0.15, 0.2) is 28.2 Å². The monoisotopic (exact) mass is 734 g/mol. The van der Waals surface area contributed by atoms with Crippen molar-refractivity contribution < 1.29 is 52.3 Å². The van der Waals surface area contributed by atoms with Gasteiger partial charge in [0.1, 0.15) is 24.1 Å². The summed E-state index contributed by atoms with van der Waals surface area (Å²) in [6.07, 6.45) is -1.95. The third kappa shape index (κ3) is 7.52. The highest BCUT2D eigenvalue weighted by molar-refractivity contribution is 8.01. The van der Waals surface area contributed by atoms with Gasteiger partial charge in [0, 0.05) is 0 Å². The number of esters is 1. The van der Waals surface area contributed by atoms with Crippen LogP contribution >= 0.6 is 0 Å². The Bertz CT molecular complexity index is 2130. The van der Waals surface area contributed by atoms with Gasteiger partial charge in [-0.3, -0.25) is 19.3 Å². The summed E-state index contributed by atoms with van der Waals surface area (Å²) in [4.78, 5) is 69.7. The molecule has 4 aromatic carbocycles. The number of carboxylic acids is 1. The van der Waals surface area contributed by atoms with Crippen LogP contribution in [0, 0.1) is 0 Å². The summed E-state index contributed by atoms with van der Waals surface area (Å²) < 4.78 is 29.8. The van der Waals surface area contributed by atoms with Crippen molar-refractivity contribution in [2.24, 2.45) is 0 Å². The van der Waals surface area contributed by atoms with Crippen molar-refractivity contribution in [3.63, 3.8) is 0 Å². The van der Waals surface area contributed by atoms with E-state index in [1.54, 1.807) is 84.9 Å². The fraction of sp³-hybridized carbons (Fsp3) is 0.158. The number of ether oxygens (including phenoxy) is 3. The maximum Gasteiger partial charge on any atom is 0.514 e. The first-order valence-corrected chi connectivity index (χ1v) is 17.3. The van der Waals surface area contributed by atoms with Crippen molar-refractivity contribution in [3.8, 4) is 5.75 Å². The van der Waals surface area contributed by atoms with Gasteiger partial charge >= 0.3 is 23.1 Å². The number of hydrogen-bond acceptors (Lipinski definition) is 9. The summed E-state index contributed by atoms with van der Waals surface area (Å²) in [6, 6.07) is 30.4. The van der Waals surface area contributed by atoms with E-state index in [2.05, 4.69) is 10.1 Å². The van der Waals surface area contributed by atoms with Crippen molar-refractivity contribution in [2.45, 2.75) is 37.0 Å². The number of β-lactam (4-membered cyclic amide) rings is 1. The van der Waals surface area contributed by atoms with E-state index in [1.165, 1.54) is 31.2 Å². The van der Waals surface area contributed by atoms with Gasteiger partial charge in [-0.2, -0.15) is 4.79 Å². The van der Waals surface area contributed by atoms with Crippen molar-refractivity contribution in [2.75, 3.05) is 0 Å². The number of carboxylic acid groups (broad SMARTS) is 1. The zero-order valence-electron chi connectivity index (χ0n) is 27.9. The van der Waals surface area contributed by atoms with Gasteiger partial charge in [0.25, 0.3) is 5.91 Å². The molecule has 2 amide bonds. The van der Waals surface area contributed by atoms with Crippen LogP contribution in [0.2, 0.25) is 0 Å². The lowest BCUT2D eigenvalue weighted by atomic mass is 9.95. The number of amides is 2. The Hall–Kier alpha value is -6.70. The summed E-state index contributed by atoms with van der Waals surface area (Å²) in [5, 5.41) is 10.3. The number of aliphatic carboxylic acids is 1. The highest BCUT2D eigenvalue weighted by Crippen LogP contribution is 2.36. The van der Waals surface area contributed by atoms with Crippen LogP contribution in [0.5, 0.6) is 5.75 Å². The number of nitrogens with zero attached hydrogens (tertiary/aromatic N) is 3. The molecular weight excluding hydrogens is 705 g/mol. The second-order valence-corrected chi connectivity index (χ2v) is 13.3. The lowest BCUT2D eigenvalue weighted by molar-refractivity contribution is -0.155. The van der Waals surface area contributed by atoms with Gasteiger partial charge in [-0.05, 0) is 41.3 Å². The number of rotatable bonds is 11. The van der Waals surface area contributed by atoms with Crippen LogP contribution in [0.25, 0.3) is 5.53 Å². The molecule has 2 aliphatic heterocycles. The van der Waals surface area contributed by atoms with Crippen molar-refractivity contribution in [3.05, 3.63) is 154 Å². The van der Waals surface area contributed by atoms with E-state index in [-0.39, 0.29) is 23.5 Å². The van der Waals surface area contributed by atoms with Crippen LogP contribution in [0.15, 0.2) is 127 Å². The van der Waals surface area contributed by atoms with Gasteiger partial charge in [0.05, 0.1) is 5.57 Å². The first-order chi connectivity index (χ1) is 25.6. The Morgan fingerprint density at radius 1 is 0.868 bits per heavy atom. The molecule has 0 bridgehead atoms. The van der Waals surface area contributed by atoms with E-state index in [4.69, 9.17) is 14.2 Å². The molecule has 0 aromatic heterocycles. The number of fused-ring (bicyclic) bond motifs is 1. The number of benzene rings is 4. The van der Waals surface area contributed by atoms with E-state index in [0.717, 1.165) is 10.5 Å². The van der Waals surface area contributed by atoms with Crippen LogP contribution in [0.1, 0.15) is 41.2 Å². The molecular formula is C38H30N4O10S. The van der Waals surface area contributed by atoms with Crippen LogP contribution in [0.4, 0.5) is 4.79 Å². The highest BCUT2D eigenvalue weighted by Gasteiger charge is 2.61. The lowest BCUT2D eigenvalue weighted by Crippen LogP contribution is -2.74. The van der Waals surface area contributed by atoms with E-state index < -0.39 is 74.9 Å². The Balaban J connectivity index is 1.28. The lowest BCUT2D eigenvalue weighted by Gasteiger charge is -2.47. The van der Waals surface area contributed by atoms with Crippen molar-refractivity contribution in [1.82, 2.24) is 10.2 Å². The molecule has 4 atom stereocenters. The minimum absolute atomic E-state index is 0.0338. The SMILES string of the molecule is CC1=C(C(=O)O)N2C(=O)C(NC(=O)C(C(=O)OC(c3ccccc3)c3ccccc3)c3ccc(OC(=O)OCc4ccccc4)cc3)[C@@H]2S(=O)C1=[N+]=[N-]. The highest BCUT2D eigenvalue weighted by atomic mass is 32.2. The zero-order chi connectivity index (χ0) is 37.6. The quantitative estimate of drug-likeness (QED) is 0.0561. The van der Waals surface area contributed by atoms with Crippen molar-refractivity contribution in [1.29, 1.82) is 0 Å². The van der Waals surface area contributed by atoms with Gasteiger partial charge < -0.3 is 30.2 Å². The number of carbonyl (C=O) groups is 5. The summed E-state index contributed by atoms with van der Waals surface area (Å²) in [7, 11) is -2.26. The largest absolute Gasteiger partial charge is 0.514 e. The molecule has 53 heavy (non-hydrogen) atoms. The first-order valence-electron chi connectivity index (χ1n) is 16.1. The Labute approximate surface area is 304 Å². The minimum atomic E-state index is -2.26. The third-order valence-electron chi connectivity index (χ3n) is 8.51. The van der Waals surface area contributed by atoms with E-state index in [1.807, 2.05) is 6.07 Å². The molecule has 1 saturated heterocycles. The molecule has 14 nitrogen and oxygen atoms in total. The summed E-state index contributed by atoms with van der Waals surface area (Å²) in [6.45, 7) is 1.21. The van der Waals surface area contributed by atoms with Crippen LogP contribution in [-0.2, 0) is 46.1 Å². The average molecular weight is 735 g/mol. The van der Waals surface area contributed by atoms with Gasteiger partial charge in [-0.25, -0.2) is 13.8 Å². The number of hydrogen-bond donors (Lipinski definition) is 2. The molecule has 2 aliphatic rings. The van der Waals surface area contributed by atoms with E-state index >= 15 is 0 Å². The smallest absolute Gasteiger partial charge is 0.477 e. The molecule has 268 valence electrons. The normalized spacial score (nSPS) is 18.2. The maximum absolute atomic E-state index is 14.1. The maximum atomic E-state index is 14.1. The van der Waals surface area contributed by atoms with E-state index in [9.17, 15) is 38.8 Å². The van der Waals surface area contributed by atoms with Gasteiger partial charge in [-0.1, -0.05) is 103 Å². The number of nitrogens with one attached hydrogen (secondary N) is 1. The molecule has 1 fully saturated rings. The average Bonchev–Trinajstić information content (AvgIpc) is 3.17. The molecule has 2 heterocycles. The molecule has 0 spiro atoms. The zero-order valence-corrected chi connectivity index (χ0v) is 28.7. The molecule has 0 radical (unpaired) electrons. The fourth-order valence-corrected chi connectivity index (χ4v) is 7.49. The molecule has 3 unspecified atom stereocenters. The summed E-state index contributed by atoms with van der Waals surface area (Å²) >= 11 is 0. The predicted molar refractivity (Wildman–Crippen MR) is 187 cm³/mol. The standard InChI is InChI=1S/C38H30N4O10S/c1-22-30(36(45)46)42-34(44)29(35(42)53(49)33(22)41-39)40-32(43)28(37(47)52-31(25-13-7-3-8-14-25)26-15-9-4-10-16-26)24-17-19-27(20-18-24)51-38(48)50-21-23-11-5-2-6-12-23/h2-20,28-29,31,35H,21H2,1H3,(H,40,43)(H,45,46)/t28?,29?,35-,53?/m0/s1. The molecule has 0 aliphatic carbocycles. The molecule has 15 heteroatoms. The fourth-order valence-electron chi connectivity index (χ4n) is 5.95. The summed E-state index contributed by atoms with van der Waals surface area (Å²) in [5.41, 5.74) is 10.8. The minimum Gasteiger partial charge on any atom is -0.477 e. The second kappa shape index (κ2) is 15.7. The Kier molecular flexibility index (Phi) is 10.7. The molecule has 6 rings (SSSR count). The van der Waals surface area contributed by atoms with Crippen LogP contribution < -0.4 is 10.1 Å². The van der Waals surface area contributed by atoms with Crippen molar-refractivity contribution >= 4 is 45.8 Å². The molecule has 0 saturated carbocycles. The number of carbonyl (C=O) groups excluding carboxylic acids is 4. The van der Waals surface area contributed by atoms with E-state index in [0.29, 0.717) is 11.1 Å². The van der Waals surface area contributed by atoms with Crippen LogP contribution in [-0.4, -0.2) is 65.4 Å². The van der Waals surface area contributed by atoms with Crippen LogP contribution in [0.3, 0.4) is 0 Å². The third-order valence-corrected chi connectivity index (χ3v) is 10.2. The Morgan fingerprint density at radius 3 is 1.98 bits per heavy atom. The van der Waals surface area contributed by atoms with Gasteiger partial charge in [-0.15, -0.1) is 0 Å². The second-order valence-electron chi connectivity index (χ2n) is 11.8. The first kappa shape index (κ1) is 36.1. The molecule has 4 aromatic rings.